The minimum atomic E-state index is -0.527. The van der Waals surface area contributed by atoms with E-state index in [-0.39, 0.29) is 24.7 Å². The van der Waals surface area contributed by atoms with Gasteiger partial charge in [0.1, 0.15) is 17.8 Å². The highest BCUT2D eigenvalue weighted by Crippen LogP contribution is 2.36. The number of ether oxygens (including phenoxy) is 2. The first kappa shape index (κ1) is 21.8. The number of amides is 1. The van der Waals surface area contributed by atoms with Crippen molar-refractivity contribution < 1.29 is 23.5 Å². The predicted molar refractivity (Wildman–Crippen MR) is 112 cm³/mol. The van der Waals surface area contributed by atoms with Gasteiger partial charge in [-0.1, -0.05) is 0 Å². The number of carbonyl (C=O) groups excluding carboxylic acids is 2. The van der Waals surface area contributed by atoms with Crippen molar-refractivity contribution in [1.82, 2.24) is 0 Å². The fraction of sp³-hybridized carbons (Fsp3) is 0.522. The maximum atomic E-state index is 11.9. The number of fused-ring (bicyclic) bond motifs is 1. The van der Waals surface area contributed by atoms with Crippen molar-refractivity contribution in [2.24, 2.45) is 0 Å². The Morgan fingerprint density at radius 3 is 2.60 bits per heavy atom. The van der Waals surface area contributed by atoms with Crippen molar-refractivity contribution in [3.05, 3.63) is 29.3 Å². The molecule has 1 heterocycles. The van der Waals surface area contributed by atoms with Crippen LogP contribution in [0.25, 0.3) is 11.0 Å². The Kier molecular flexibility index (Phi) is 6.47. The number of hydrogen-bond acceptors (Lipinski definition) is 6. The summed E-state index contributed by atoms with van der Waals surface area (Å²) < 4.78 is 16.9. The molecule has 7 heteroatoms. The molecule has 30 heavy (non-hydrogen) atoms. The van der Waals surface area contributed by atoms with Gasteiger partial charge in [-0.2, -0.15) is 5.26 Å². The summed E-state index contributed by atoms with van der Waals surface area (Å²) in [6, 6.07) is 7.37. The number of benzene rings is 1. The molecule has 2 aromatic rings. The van der Waals surface area contributed by atoms with Crippen molar-refractivity contribution in [2.75, 3.05) is 11.5 Å². The minimum Gasteiger partial charge on any atom is -0.458 e. The second-order valence-corrected chi connectivity index (χ2v) is 8.70. The van der Waals surface area contributed by atoms with Gasteiger partial charge >= 0.3 is 5.97 Å². The Morgan fingerprint density at radius 2 is 2.00 bits per heavy atom. The van der Waals surface area contributed by atoms with Gasteiger partial charge in [-0.05, 0) is 71.6 Å². The molecule has 1 aliphatic rings. The number of nitriles is 1. The SMILES string of the molecule is Cc1c(N(C=O)C2CCC(OCC(=O)OC(C)(C)C)CC2)oc2ccc(C#N)cc12. The third kappa shape index (κ3) is 5.00. The van der Waals surface area contributed by atoms with Crippen LogP contribution in [0.4, 0.5) is 5.88 Å². The van der Waals surface area contributed by atoms with Gasteiger partial charge in [-0.3, -0.25) is 9.69 Å². The van der Waals surface area contributed by atoms with Crippen LogP contribution >= 0.6 is 0 Å². The highest BCUT2D eigenvalue weighted by atomic mass is 16.6. The van der Waals surface area contributed by atoms with E-state index in [1.54, 1.807) is 23.1 Å². The largest absolute Gasteiger partial charge is 0.458 e. The van der Waals surface area contributed by atoms with Gasteiger partial charge < -0.3 is 13.9 Å². The zero-order chi connectivity index (χ0) is 21.9. The van der Waals surface area contributed by atoms with Gasteiger partial charge in [-0.25, -0.2) is 4.79 Å². The summed E-state index contributed by atoms with van der Waals surface area (Å²) in [4.78, 5) is 25.4. The molecule has 1 aromatic carbocycles. The highest BCUT2D eigenvalue weighted by molar-refractivity contribution is 5.90. The molecule has 0 atom stereocenters. The predicted octanol–water partition coefficient (Wildman–Crippen LogP) is 4.25. The first-order chi connectivity index (χ1) is 14.2. The second kappa shape index (κ2) is 8.88. The highest BCUT2D eigenvalue weighted by Gasteiger charge is 2.30. The van der Waals surface area contributed by atoms with Gasteiger partial charge in [0.2, 0.25) is 12.3 Å². The number of aryl methyl sites for hydroxylation is 1. The van der Waals surface area contributed by atoms with Crippen LogP contribution in [0.1, 0.15) is 57.6 Å². The summed E-state index contributed by atoms with van der Waals surface area (Å²) in [5.41, 5.74) is 1.53. The Labute approximate surface area is 176 Å². The van der Waals surface area contributed by atoms with E-state index in [1.807, 2.05) is 27.7 Å². The standard InChI is InChI=1S/C23H28N2O5/c1-15-19-11-16(12-24)5-10-20(19)29-22(15)25(14-26)17-6-8-18(9-7-17)28-13-21(27)30-23(2,3)4/h5,10-11,14,17-18H,6-9,13H2,1-4H3. The molecule has 1 aliphatic carbocycles. The molecule has 1 fully saturated rings. The first-order valence-electron chi connectivity index (χ1n) is 10.2. The van der Waals surface area contributed by atoms with E-state index < -0.39 is 5.60 Å². The van der Waals surface area contributed by atoms with E-state index in [0.717, 1.165) is 43.0 Å². The molecule has 0 saturated heterocycles. The van der Waals surface area contributed by atoms with Crippen molar-refractivity contribution in [2.45, 2.75) is 71.1 Å². The van der Waals surface area contributed by atoms with E-state index in [1.165, 1.54) is 0 Å². The molecule has 7 nitrogen and oxygen atoms in total. The number of esters is 1. The number of carbonyl (C=O) groups is 2. The fourth-order valence-corrected chi connectivity index (χ4v) is 3.87. The average molecular weight is 412 g/mol. The third-order valence-electron chi connectivity index (χ3n) is 5.28. The average Bonchev–Trinajstić information content (AvgIpc) is 3.02. The second-order valence-electron chi connectivity index (χ2n) is 8.70. The molecule has 160 valence electrons. The lowest BCUT2D eigenvalue weighted by atomic mass is 9.92. The quantitative estimate of drug-likeness (QED) is 0.520. The van der Waals surface area contributed by atoms with E-state index in [2.05, 4.69) is 6.07 Å². The van der Waals surface area contributed by atoms with Crippen LogP contribution in [-0.2, 0) is 19.1 Å². The van der Waals surface area contributed by atoms with Crippen molar-refractivity contribution in [3.8, 4) is 6.07 Å². The molecule has 0 spiro atoms. The summed E-state index contributed by atoms with van der Waals surface area (Å²) in [6.45, 7) is 7.31. The van der Waals surface area contributed by atoms with Crippen LogP contribution in [0.3, 0.4) is 0 Å². The van der Waals surface area contributed by atoms with Crippen LogP contribution < -0.4 is 4.90 Å². The molecule has 1 amide bonds. The van der Waals surface area contributed by atoms with E-state index in [0.29, 0.717) is 17.0 Å². The monoisotopic (exact) mass is 412 g/mol. The molecule has 1 aromatic heterocycles. The summed E-state index contributed by atoms with van der Waals surface area (Å²) in [7, 11) is 0. The zero-order valence-corrected chi connectivity index (χ0v) is 17.9. The molecular formula is C23H28N2O5. The van der Waals surface area contributed by atoms with Crippen LogP contribution in [0, 0.1) is 18.3 Å². The van der Waals surface area contributed by atoms with Gasteiger partial charge in [0, 0.05) is 17.0 Å². The van der Waals surface area contributed by atoms with Gasteiger partial charge in [-0.15, -0.1) is 0 Å². The molecule has 0 bridgehead atoms. The maximum absolute atomic E-state index is 11.9. The Hall–Kier alpha value is -2.85. The third-order valence-corrected chi connectivity index (χ3v) is 5.28. The Bertz CT molecular complexity index is 958. The van der Waals surface area contributed by atoms with Crippen LogP contribution in [-0.4, -0.2) is 36.7 Å². The Morgan fingerprint density at radius 1 is 1.30 bits per heavy atom. The zero-order valence-electron chi connectivity index (χ0n) is 17.9. The Balaban J connectivity index is 1.62. The van der Waals surface area contributed by atoms with Crippen LogP contribution in [0.2, 0.25) is 0 Å². The van der Waals surface area contributed by atoms with Gasteiger partial charge in [0.05, 0.1) is 17.7 Å². The van der Waals surface area contributed by atoms with E-state index in [9.17, 15) is 9.59 Å². The molecule has 0 aliphatic heterocycles. The molecule has 0 radical (unpaired) electrons. The number of furan rings is 1. The molecule has 0 unspecified atom stereocenters. The fourth-order valence-electron chi connectivity index (χ4n) is 3.87. The lowest BCUT2D eigenvalue weighted by molar-refractivity contribution is -0.162. The van der Waals surface area contributed by atoms with Gasteiger partial charge in [0.15, 0.2) is 0 Å². The molecular weight excluding hydrogens is 384 g/mol. The van der Waals surface area contributed by atoms with Gasteiger partial charge in [0.25, 0.3) is 0 Å². The molecule has 3 rings (SSSR count). The van der Waals surface area contributed by atoms with Crippen LogP contribution in [0.15, 0.2) is 22.6 Å². The molecule has 0 N–H and O–H groups in total. The van der Waals surface area contributed by atoms with Crippen molar-refractivity contribution in [3.63, 3.8) is 0 Å². The van der Waals surface area contributed by atoms with Crippen molar-refractivity contribution >= 4 is 29.2 Å². The summed E-state index contributed by atoms with van der Waals surface area (Å²) in [5.74, 6) is 0.155. The number of anilines is 1. The number of hydrogen-bond donors (Lipinski definition) is 0. The summed E-state index contributed by atoms with van der Waals surface area (Å²) in [5, 5.41) is 9.96. The normalized spacial score (nSPS) is 19.3. The topological polar surface area (TPSA) is 92.8 Å². The first-order valence-corrected chi connectivity index (χ1v) is 10.2. The lowest BCUT2D eigenvalue weighted by Gasteiger charge is -2.33. The smallest absolute Gasteiger partial charge is 0.332 e. The maximum Gasteiger partial charge on any atom is 0.332 e. The number of nitrogens with zero attached hydrogens (tertiary/aromatic N) is 2. The minimum absolute atomic E-state index is 0.00132. The summed E-state index contributed by atoms with van der Waals surface area (Å²) >= 11 is 0. The van der Waals surface area contributed by atoms with E-state index in [4.69, 9.17) is 19.2 Å². The molecule has 1 saturated carbocycles. The van der Waals surface area contributed by atoms with Crippen LogP contribution in [0.5, 0.6) is 0 Å². The summed E-state index contributed by atoms with van der Waals surface area (Å²) in [6.07, 6.45) is 3.76. The van der Waals surface area contributed by atoms with Crippen molar-refractivity contribution in [1.29, 1.82) is 5.26 Å². The number of rotatable bonds is 6. The lowest BCUT2D eigenvalue weighted by Crippen LogP contribution is -2.39. The van der Waals surface area contributed by atoms with E-state index >= 15 is 0 Å².